The van der Waals surface area contributed by atoms with Gasteiger partial charge >= 0.3 is 0 Å². The molecule has 0 bridgehead atoms. The second-order valence-corrected chi connectivity index (χ2v) is 10.9. The summed E-state index contributed by atoms with van der Waals surface area (Å²) in [6.07, 6.45) is 8.14. The zero-order chi connectivity index (χ0) is 27.0. The fraction of sp³-hybridized carbons (Fsp3) is 0.433. The first-order valence-electron chi connectivity index (χ1n) is 13.3. The topological polar surface area (TPSA) is 101 Å². The van der Waals surface area contributed by atoms with E-state index >= 15 is 8.78 Å². The summed E-state index contributed by atoms with van der Waals surface area (Å²) >= 11 is 0. The van der Waals surface area contributed by atoms with Crippen molar-refractivity contribution in [3.63, 3.8) is 0 Å². The number of anilines is 1. The van der Waals surface area contributed by atoms with Gasteiger partial charge in [0.2, 0.25) is 0 Å². The van der Waals surface area contributed by atoms with E-state index in [9.17, 15) is 9.90 Å². The molecule has 4 N–H and O–H groups in total. The van der Waals surface area contributed by atoms with Crippen molar-refractivity contribution >= 4 is 12.0 Å². The Hall–Kier alpha value is -3.23. The summed E-state index contributed by atoms with van der Waals surface area (Å²) in [5.41, 5.74) is 8.62. The van der Waals surface area contributed by atoms with Crippen molar-refractivity contribution in [2.75, 3.05) is 12.4 Å². The molecule has 0 aliphatic heterocycles. The molecule has 2 aliphatic carbocycles. The number of hydrogen-bond donors (Lipinski definition) is 3. The first-order chi connectivity index (χ1) is 18.2. The Balaban J connectivity index is 1.58. The smallest absolute Gasteiger partial charge is 0.168 e. The summed E-state index contributed by atoms with van der Waals surface area (Å²) in [5, 5.41) is 14.3. The third-order valence-electron chi connectivity index (χ3n) is 8.72. The van der Waals surface area contributed by atoms with Gasteiger partial charge in [-0.15, -0.1) is 0 Å². The zero-order valence-corrected chi connectivity index (χ0v) is 21.8. The molecule has 8 heteroatoms. The third kappa shape index (κ3) is 4.83. The number of pyridine rings is 2. The number of nitrogens with one attached hydrogen (secondary N) is 1. The SMILES string of the molecule is CNc1cnccc1C1CC(N)[C@@H](C)[C@@H](Cc2cc(C3(O)CCC3)cc(F)c2-c2nc(C=O)ccc2F)C1. The number of benzene rings is 1. The number of carbonyl (C=O) groups is 1. The van der Waals surface area contributed by atoms with Gasteiger partial charge in [0.05, 0.1) is 17.5 Å². The molecule has 6 nitrogen and oxygen atoms in total. The van der Waals surface area contributed by atoms with Crippen LogP contribution in [-0.2, 0) is 12.0 Å². The van der Waals surface area contributed by atoms with E-state index in [0.717, 1.165) is 36.6 Å². The van der Waals surface area contributed by atoms with Crippen LogP contribution in [0, 0.1) is 23.5 Å². The van der Waals surface area contributed by atoms with Crippen LogP contribution in [0.25, 0.3) is 11.3 Å². The molecule has 2 fully saturated rings. The van der Waals surface area contributed by atoms with Gasteiger partial charge in [-0.2, -0.15) is 0 Å². The Kier molecular flexibility index (Phi) is 7.29. The standard InChI is InChI=1S/C30H34F2N4O2/c1-17-18(10-19(13-26(17)33)23-6-9-35-15-27(23)34-2)11-20-12-21(30(38)7-3-8-30)14-25(32)28(20)29-24(31)5-4-22(16-37)36-29/h4-6,9,12,14-19,26,34,38H,3,7-8,10-11,13,33H2,1-2H3/t17-,18+,19?,26?/m0/s1. The molecule has 4 atom stereocenters. The number of aldehydes is 1. The Morgan fingerprint density at radius 1 is 1.18 bits per heavy atom. The van der Waals surface area contributed by atoms with E-state index in [-0.39, 0.29) is 40.7 Å². The minimum absolute atomic E-state index is 0.0267. The monoisotopic (exact) mass is 520 g/mol. The molecule has 2 saturated carbocycles. The second-order valence-electron chi connectivity index (χ2n) is 10.9. The second kappa shape index (κ2) is 10.5. The van der Waals surface area contributed by atoms with E-state index in [0.29, 0.717) is 36.7 Å². The van der Waals surface area contributed by atoms with Gasteiger partial charge < -0.3 is 16.2 Å². The molecule has 0 amide bonds. The first kappa shape index (κ1) is 26.4. The maximum absolute atomic E-state index is 15.8. The van der Waals surface area contributed by atoms with Gasteiger partial charge in [-0.3, -0.25) is 9.78 Å². The minimum Gasteiger partial charge on any atom is -0.387 e. The minimum atomic E-state index is -1.08. The van der Waals surface area contributed by atoms with Crippen LogP contribution in [-0.4, -0.2) is 34.5 Å². The van der Waals surface area contributed by atoms with Gasteiger partial charge in [-0.05, 0) is 97.2 Å². The molecule has 0 spiro atoms. The number of hydrogen-bond acceptors (Lipinski definition) is 6. The summed E-state index contributed by atoms with van der Waals surface area (Å²) in [4.78, 5) is 19.8. The summed E-state index contributed by atoms with van der Waals surface area (Å²) < 4.78 is 30.8. The molecule has 2 heterocycles. The number of aliphatic hydroxyl groups is 1. The number of nitrogens with zero attached hydrogens (tertiary/aromatic N) is 2. The fourth-order valence-corrected chi connectivity index (χ4v) is 6.20. The number of rotatable bonds is 7. The zero-order valence-electron chi connectivity index (χ0n) is 21.8. The van der Waals surface area contributed by atoms with Crippen LogP contribution in [0.3, 0.4) is 0 Å². The molecule has 2 aliphatic rings. The van der Waals surface area contributed by atoms with Crippen molar-refractivity contribution in [1.29, 1.82) is 0 Å². The van der Waals surface area contributed by atoms with Gasteiger partial charge in [0.1, 0.15) is 23.0 Å². The Morgan fingerprint density at radius 2 is 1.97 bits per heavy atom. The molecule has 200 valence electrons. The van der Waals surface area contributed by atoms with Crippen molar-refractivity contribution in [1.82, 2.24) is 9.97 Å². The van der Waals surface area contributed by atoms with Crippen LogP contribution in [0.15, 0.2) is 42.7 Å². The lowest BCUT2D eigenvalue weighted by molar-refractivity contribution is -0.0390. The van der Waals surface area contributed by atoms with E-state index < -0.39 is 17.2 Å². The van der Waals surface area contributed by atoms with Crippen LogP contribution in [0.2, 0.25) is 0 Å². The Labute approximate surface area is 221 Å². The molecule has 0 saturated heterocycles. The number of aromatic nitrogens is 2. The Bertz CT molecular complexity index is 1340. The summed E-state index contributed by atoms with van der Waals surface area (Å²) in [6, 6.07) is 7.45. The molecular weight excluding hydrogens is 486 g/mol. The van der Waals surface area contributed by atoms with Crippen molar-refractivity contribution in [2.24, 2.45) is 17.6 Å². The van der Waals surface area contributed by atoms with Crippen LogP contribution in [0.1, 0.15) is 72.1 Å². The highest BCUT2D eigenvalue weighted by molar-refractivity contribution is 5.75. The average molecular weight is 521 g/mol. The summed E-state index contributed by atoms with van der Waals surface area (Å²) in [7, 11) is 1.87. The van der Waals surface area contributed by atoms with Gasteiger partial charge in [0, 0.05) is 24.8 Å². The summed E-state index contributed by atoms with van der Waals surface area (Å²) in [5.74, 6) is -0.965. The third-order valence-corrected chi connectivity index (χ3v) is 8.72. The fourth-order valence-electron chi connectivity index (χ4n) is 6.20. The lowest BCUT2D eigenvalue weighted by Gasteiger charge is -2.40. The van der Waals surface area contributed by atoms with E-state index in [4.69, 9.17) is 5.73 Å². The predicted molar refractivity (Wildman–Crippen MR) is 143 cm³/mol. The van der Waals surface area contributed by atoms with Crippen LogP contribution >= 0.6 is 0 Å². The van der Waals surface area contributed by atoms with E-state index in [1.807, 2.05) is 13.1 Å². The van der Waals surface area contributed by atoms with E-state index in [2.05, 4.69) is 22.2 Å². The van der Waals surface area contributed by atoms with Crippen molar-refractivity contribution in [3.8, 4) is 11.3 Å². The highest BCUT2D eigenvalue weighted by Gasteiger charge is 2.39. The highest BCUT2D eigenvalue weighted by atomic mass is 19.1. The quantitative estimate of drug-likeness (QED) is 0.363. The van der Waals surface area contributed by atoms with Crippen LogP contribution in [0.5, 0.6) is 0 Å². The number of nitrogens with two attached hydrogens (primary N) is 1. The number of carbonyl (C=O) groups excluding carboxylic acids is 1. The first-order valence-corrected chi connectivity index (χ1v) is 13.3. The van der Waals surface area contributed by atoms with E-state index in [1.54, 1.807) is 18.5 Å². The molecule has 5 rings (SSSR count). The molecule has 38 heavy (non-hydrogen) atoms. The van der Waals surface area contributed by atoms with Crippen molar-refractivity contribution in [3.05, 3.63) is 76.7 Å². The lowest BCUT2D eigenvalue weighted by Crippen LogP contribution is -2.41. The maximum atomic E-state index is 15.8. The predicted octanol–water partition coefficient (Wildman–Crippen LogP) is 5.35. The molecule has 3 aromatic rings. The van der Waals surface area contributed by atoms with Crippen molar-refractivity contribution in [2.45, 2.75) is 63.0 Å². The van der Waals surface area contributed by atoms with Crippen LogP contribution < -0.4 is 11.1 Å². The average Bonchev–Trinajstić information content (AvgIpc) is 2.90. The Morgan fingerprint density at radius 3 is 2.66 bits per heavy atom. The van der Waals surface area contributed by atoms with Gasteiger partial charge in [0.15, 0.2) is 6.29 Å². The highest BCUT2D eigenvalue weighted by Crippen LogP contribution is 2.46. The number of halogens is 2. The largest absolute Gasteiger partial charge is 0.387 e. The maximum Gasteiger partial charge on any atom is 0.168 e. The van der Waals surface area contributed by atoms with Gasteiger partial charge in [-0.1, -0.05) is 13.0 Å². The molecule has 0 radical (unpaired) electrons. The summed E-state index contributed by atoms with van der Waals surface area (Å²) in [6.45, 7) is 2.11. The van der Waals surface area contributed by atoms with E-state index in [1.165, 1.54) is 12.1 Å². The molecule has 2 unspecified atom stereocenters. The lowest BCUT2D eigenvalue weighted by atomic mass is 9.67. The molecule has 1 aromatic carbocycles. The molecular formula is C30H34F2N4O2. The molecule has 2 aromatic heterocycles. The van der Waals surface area contributed by atoms with Crippen LogP contribution in [0.4, 0.5) is 14.5 Å². The normalized spacial score (nSPS) is 24.5. The van der Waals surface area contributed by atoms with Crippen molar-refractivity contribution < 1.29 is 18.7 Å². The van der Waals surface area contributed by atoms with Gasteiger partial charge in [0.25, 0.3) is 0 Å². The van der Waals surface area contributed by atoms with Gasteiger partial charge in [-0.25, -0.2) is 13.8 Å².